The highest BCUT2D eigenvalue weighted by atomic mass is 79.9. The summed E-state index contributed by atoms with van der Waals surface area (Å²) in [6.07, 6.45) is 2.90. The second kappa shape index (κ2) is 5.73. The molecule has 1 aromatic carbocycles. The minimum Gasteiger partial charge on any atom is -0.211 e. The highest BCUT2D eigenvalue weighted by molar-refractivity contribution is 9.10. The zero-order chi connectivity index (χ0) is 11.3. The number of rotatable bonds is 3. The number of benzene rings is 1. The van der Waals surface area contributed by atoms with Gasteiger partial charge in [0.05, 0.1) is 11.4 Å². The highest BCUT2D eigenvalue weighted by Crippen LogP contribution is 2.36. The van der Waals surface area contributed by atoms with Gasteiger partial charge in [0.2, 0.25) is 12.2 Å². The lowest BCUT2D eigenvalue weighted by molar-refractivity contribution is 0.565. The standard InChI is InChI=1S/C9H4Br2N2O2/c10-3-6-8(12-4-14)2-1-7(11)9(6)13-5-15/h1-2H,3H2. The van der Waals surface area contributed by atoms with E-state index in [9.17, 15) is 9.59 Å². The van der Waals surface area contributed by atoms with Crippen molar-refractivity contribution in [3.63, 3.8) is 0 Å². The Hall–Kier alpha value is -1.06. The maximum atomic E-state index is 10.2. The lowest BCUT2D eigenvalue weighted by Crippen LogP contribution is -1.82. The van der Waals surface area contributed by atoms with Gasteiger partial charge in [-0.2, -0.15) is 9.98 Å². The van der Waals surface area contributed by atoms with E-state index < -0.39 is 0 Å². The quantitative estimate of drug-likeness (QED) is 0.485. The summed E-state index contributed by atoms with van der Waals surface area (Å²) in [7, 11) is 0. The third kappa shape index (κ3) is 2.70. The first-order chi connectivity index (χ1) is 7.24. The summed E-state index contributed by atoms with van der Waals surface area (Å²) < 4.78 is 0.644. The molecule has 0 fully saturated rings. The molecule has 4 nitrogen and oxygen atoms in total. The Bertz CT molecular complexity index is 475. The molecule has 15 heavy (non-hydrogen) atoms. The van der Waals surface area contributed by atoms with Crippen LogP contribution >= 0.6 is 31.9 Å². The van der Waals surface area contributed by atoms with Crippen molar-refractivity contribution in [2.45, 2.75) is 5.33 Å². The van der Waals surface area contributed by atoms with Crippen molar-refractivity contribution < 1.29 is 9.59 Å². The van der Waals surface area contributed by atoms with Gasteiger partial charge in [0.15, 0.2) is 0 Å². The van der Waals surface area contributed by atoms with Crippen LogP contribution in [-0.2, 0) is 14.9 Å². The van der Waals surface area contributed by atoms with Gasteiger partial charge in [-0.15, -0.1) is 0 Å². The minimum absolute atomic E-state index is 0.415. The van der Waals surface area contributed by atoms with E-state index in [1.54, 1.807) is 12.1 Å². The molecule has 0 unspecified atom stereocenters. The van der Waals surface area contributed by atoms with E-state index in [1.165, 1.54) is 12.2 Å². The molecular formula is C9H4Br2N2O2. The van der Waals surface area contributed by atoms with E-state index in [-0.39, 0.29) is 0 Å². The molecule has 0 saturated carbocycles. The number of halogens is 2. The van der Waals surface area contributed by atoms with Crippen molar-refractivity contribution in [1.29, 1.82) is 0 Å². The van der Waals surface area contributed by atoms with Gasteiger partial charge in [0.1, 0.15) is 0 Å². The fourth-order valence-electron chi connectivity index (χ4n) is 1.05. The first-order valence-corrected chi connectivity index (χ1v) is 5.69. The van der Waals surface area contributed by atoms with E-state index in [0.717, 1.165) is 0 Å². The van der Waals surface area contributed by atoms with Crippen LogP contribution in [0.15, 0.2) is 26.6 Å². The van der Waals surface area contributed by atoms with Gasteiger partial charge in [-0.25, -0.2) is 9.59 Å². The van der Waals surface area contributed by atoms with Gasteiger partial charge in [-0.3, -0.25) is 0 Å². The average Bonchev–Trinajstić information content (AvgIpc) is 2.24. The smallest absolute Gasteiger partial charge is 0.211 e. The second-order valence-corrected chi connectivity index (χ2v) is 3.85. The van der Waals surface area contributed by atoms with Crippen molar-refractivity contribution in [3.8, 4) is 0 Å². The molecule has 76 valence electrons. The molecule has 0 spiro atoms. The average molecular weight is 332 g/mol. The summed E-state index contributed by atoms with van der Waals surface area (Å²) in [5.74, 6) is 0. The maximum absolute atomic E-state index is 10.2. The normalized spacial score (nSPS) is 8.93. The number of carbonyl (C=O) groups excluding carboxylic acids is 2. The van der Waals surface area contributed by atoms with Crippen molar-refractivity contribution in [1.82, 2.24) is 0 Å². The Morgan fingerprint density at radius 3 is 2.40 bits per heavy atom. The third-order valence-electron chi connectivity index (χ3n) is 1.67. The zero-order valence-corrected chi connectivity index (χ0v) is 10.5. The zero-order valence-electron chi connectivity index (χ0n) is 7.33. The Morgan fingerprint density at radius 1 is 1.20 bits per heavy atom. The number of hydrogen-bond donors (Lipinski definition) is 0. The second-order valence-electron chi connectivity index (χ2n) is 2.43. The first kappa shape index (κ1) is 12.0. The molecule has 0 amide bonds. The SMILES string of the molecule is O=C=Nc1ccc(Br)c(N=C=O)c1CBr. The molecule has 0 saturated heterocycles. The van der Waals surface area contributed by atoms with Gasteiger partial charge < -0.3 is 0 Å². The maximum Gasteiger partial charge on any atom is 0.240 e. The summed E-state index contributed by atoms with van der Waals surface area (Å²) in [6.45, 7) is 0. The van der Waals surface area contributed by atoms with Crippen molar-refractivity contribution in [2.75, 3.05) is 0 Å². The largest absolute Gasteiger partial charge is 0.240 e. The van der Waals surface area contributed by atoms with Gasteiger partial charge in [-0.1, -0.05) is 15.9 Å². The van der Waals surface area contributed by atoms with Crippen LogP contribution in [0.1, 0.15) is 5.56 Å². The molecule has 6 heteroatoms. The van der Waals surface area contributed by atoms with E-state index in [1.807, 2.05) is 0 Å². The Labute approximate surface area is 102 Å². The first-order valence-electron chi connectivity index (χ1n) is 3.77. The van der Waals surface area contributed by atoms with E-state index in [0.29, 0.717) is 26.7 Å². The summed E-state index contributed by atoms with van der Waals surface area (Å²) in [6, 6.07) is 3.29. The molecule has 0 radical (unpaired) electrons. The van der Waals surface area contributed by atoms with Crippen LogP contribution < -0.4 is 0 Å². The summed E-state index contributed by atoms with van der Waals surface area (Å²) >= 11 is 6.47. The lowest BCUT2D eigenvalue weighted by atomic mass is 10.1. The van der Waals surface area contributed by atoms with Crippen LogP contribution in [0.3, 0.4) is 0 Å². The van der Waals surface area contributed by atoms with Crippen LogP contribution in [0.4, 0.5) is 11.4 Å². The summed E-state index contributed by atoms with van der Waals surface area (Å²) in [5.41, 5.74) is 1.48. The van der Waals surface area contributed by atoms with Gasteiger partial charge in [0.25, 0.3) is 0 Å². The third-order valence-corrected chi connectivity index (χ3v) is 2.87. The molecular weight excluding hydrogens is 328 g/mol. The monoisotopic (exact) mass is 330 g/mol. The summed E-state index contributed by atoms with van der Waals surface area (Å²) in [4.78, 5) is 27.5. The summed E-state index contributed by atoms with van der Waals surface area (Å²) in [5, 5.41) is 0.424. The van der Waals surface area contributed by atoms with Crippen molar-refractivity contribution >= 4 is 55.4 Å². The molecule has 0 bridgehead atoms. The number of alkyl halides is 1. The number of nitrogens with zero attached hydrogens (tertiary/aromatic N) is 2. The predicted molar refractivity (Wildman–Crippen MR) is 62.3 cm³/mol. The van der Waals surface area contributed by atoms with Crippen LogP contribution in [0.5, 0.6) is 0 Å². The van der Waals surface area contributed by atoms with Crippen molar-refractivity contribution in [3.05, 3.63) is 22.2 Å². The van der Waals surface area contributed by atoms with Crippen LogP contribution in [0.25, 0.3) is 0 Å². The van der Waals surface area contributed by atoms with Gasteiger partial charge in [0, 0.05) is 15.4 Å². The predicted octanol–water partition coefficient (Wildman–Crippen LogP) is 3.28. The topological polar surface area (TPSA) is 58.9 Å². The lowest BCUT2D eigenvalue weighted by Gasteiger charge is -2.05. The van der Waals surface area contributed by atoms with Gasteiger partial charge >= 0.3 is 0 Å². The molecule has 0 aromatic heterocycles. The molecule has 1 aromatic rings. The van der Waals surface area contributed by atoms with E-state index in [4.69, 9.17) is 0 Å². The van der Waals surface area contributed by atoms with Gasteiger partial charge in [-0.05, 0) is 28.1 Å². The number of aliphatic imine (C=N–C) groups is 2. The number of isocyanates is 2. The highest BCUT2D eigenvalue weighted by Gasteiger charge is 2.10. The molecule has 0 heterocycles. The molecule has 0 aliphatic heterocycles. The fraction of sp³-hybridized carbons (Fsp3) is 0.111. The molecule has 0 aliphatic carbocycles. The fourth-order valence-corrected chi connectivity index (χ4v) is 2.06. The van der Waals surface area contributed by atoms with E-state index in [2.05, 4.69) is 41.8 Å². The molecule has 0 aliphatic rings. The minimum atomic E-state index is 0.415. The van der Waals surface area contributed by atoms with Crippen LogP contribution in [0.2, 0.25) is 0 Å². The Balaban J connectivity index is 3.52. The molecule has 1 rings (SSSR count). The van der Waals surface area contributed by atoms with Crippen LogP contribution in [0, 0.1) is 0 Å². The molecule has 0 N–H and O–H groups in total. The Kier molecular flexibility index (Phi) is 4.59. The Morgan fingerprint density at radius 2 is 1.87 bits per heavy atom. The number of hydrogen-bond acceptors (Lipinski definition) is 4. The van der Waals surface area contributed by atoms with Crippen molar-refractivity contribution in [2.24, 2.45) is 9.98 Å². The van der Waals surface area contributed by atoms with E-state index >= 15 is 0 Å². The van der Waals surface area contributed by atoms with Crippen LogP contribution in [-0.4, -0.2) is 12.2 Å². The molecule has 0 atom stereocenters.